The molecule has 0 bridgehead atoms. The Bertz CT molecular complexity index is 355. The summed E-state index contributed by atoms with van der Waals surface area (Å²) in [4.78, 5) is 24.3. The molecule has 74 valence electrons. The predicted molar refractivity (Wildman–Crippen MR) is 50.1 cm³/mol. The Balaban J connectivity index is 2.72. The summed E-state index contributed by atoms with van der Waals surface area (Å²) in [6.45, 7) is 1.35. The molecule has 0 aromatic heterocycles. The molecular formula is C8H9N3O3. The van der Waals surface area contributed by atoms with Crippen LogP contribution in [0.4, 0.5) is 0 Å². The van der Waals surface area contributed by atoms with Crippen LogP contribution in [0.5, 0.6) is 0 Å². The molecule has 1 heterocycles. The van der Waals surface area contributed by atoms with Gasteiger partial charge in [0.2, 0.25) is 5.91 Å². The number of nitrogens with zero attached hydrogens (tertiary/aromatic N) is 2. The zero-order valence-electron chi connectivity index (χ0n) is 7.56. The summed E-state index contributed by atoms with van der Waals surface area (Å²) in [6.07, 6.45) is 4.54. The van der Waals surface area contributed by atoms with E-state index in [1.807, 2.05) is 0 Å². The minimum absolute atomic E-state index is 0.0680. The fourth-order valence-electron chi connectivity index (χ4n) is 0.918. The molecule has 1 rings (SSSR count). The lowest BCUT2D eigenvalue weighted by molar-refractivity contribution is -0.414. The molecule has 1 aliphatic heterocycles. The number of hydrogen-bond acceptors (Lipinski definition) is 4. The second-order valence-corrected chi connectivity index (χ2v) is 2.65. The van der Waals surface area contributed by atoms with Crippen LogP contribution in [0.2, 0.25) is 0 Å². The number of carbonyl (C=O) groups excluding carboxylic acids is 1. The molecule has 1 aliphatic rings. The van der Waals surface area contributed by atoms with Crippen LogP contribution in [-0.2, 0) is 4.79 Å². The fraction of sp³-hybridized carbons (Fsp3) is 0.250. The minimum Gasteiger partial charge on any atom is -0.311 e. The van der Waals surface area contributed by atoms with Gasteiger partial charge in [-0.15, -0.1) is 0 Å². The van der Waals surface area contributed by atoms with Crippen molar-refractivity contribution in [3.8, 4) is 0 Å². The van der Waals surface area contributed by atoms with Gasteiger partial charge < -0.3 is 5.32 Å². The largest absolute Gasteiger partial charge is 0.311 e. The van der Waals surface area contributed by atoms with Crippen molar-refractivity contribution in [3.05, 3.63) is 33.8 Å². The van der Waals surface area contributed by atoms with Crippen molar-refractivity contribution in [3.63, 3.8) is 0 Å². The lowest BCUT2D eigenvalue weighted by Crippen LogP contribution is -2.17. The van der Waals surface area contributed by atoms with E-state index in [1.54, 1.807) is 6.08 Å². The summed E-state index contributed by atoms with van der Waals surface area (Å²) in [5.74, 6) is 0.0866. The van der Waals surface area contributed by atoms with Crippen molar-refractivity contribution in [1.29, 1.82) is 0 Å². The molecule has 1 amide bonds. The van der Waals surface area contributed by atoms with Gasteiger partial charge in [-0.1, -0.05) is 0 Å². The molecule has 0 aromatic carbocycles. The Morgan fingerprint density at radius 2 is 2.36 bits per heavy atom. The van der Waals surface area contributed by atoms with Crippen LogP contribution in [0.1, 0.15) is 13.3 Å². The van der Waals surface area contributed by atoms with Crippen LogP contribution in [0.15, 0.2) is 28.7 Å². The third-order valence-electron chi connectivity index (χ3n) is 1.49. The van der Waals surface area contributed by atoms with Gasteiger partial charge in [-0.3, -0.25) is 14.9 Å². The number of rotatable bonds is 2. The molecule has 1 N–H and O–H groups in total. The first-order valence-corrected chi connectivity index (χ1v) is 3.96. The molecule has 6 heteroatoms. The number of aliphatic imine (C=N–C) groups is 1. The van der Waals surface area contributed by atoms with E-state index in [1.165, 1.54) is 13.0 Å². The predicted octanol–water partition coefficient (Wildman–Crippen LogP) is 0.599. The second-order valence-electron chi connectivity index (χ2n) is 2.65. The van der Waals surface area contributed by atoms with Crippen molar-refractivity contribution in [2.24, 2.45) is 4.99 Å². The number of nitrogens with one attached hydrogen (secondary N) is 1. The first-order valence-electron chi connectivity index (χ1n) is 3.96. The highest BCUT2D eigenvalue weighted by molar-refractivity contribution is 5.79. The number of nitro groups is 1. The first kappa shape index (κ1) is 10.1. The van der Waals surface area contributed by atoms with Crippen molar-refractivity contribution in [2.45, 2.75) is 13.3 Å². The zero-order chi connectivity index (χ0) is 10.6. The number of carbonyl (C=O) groups is 1. The van der Waals surface area contributed by atoms with Gasteiger partial charge in [0, 0.05) is 6.92 Å². The molecule has 0 aliphatic carbocycles. The Labute approximate surface area is 80.2 Å². The van der Waals surface area contributed by atoms with Crippen molar-refractivity contribution < 1.29 is 9.72 Å². The van der Waals surface area contributed by atoms with E-state index < -0.39 is 4.92 Å². The third-order valence-corrected chi connectivity index (χ3v) is 1.49. The van der Waals surface area contributed by atoms with E-state index in [-0.39, 0.29) is 11.6 Å². The quantitative estimate of drug-likeness (QED) is 0.517. The smallest absolute Gasteiger partial charge is 0.283 e. The van der Waals surface area contributed by atoms with Crippen molar-refractivity contribution in [1.82, 2.24) is 5.32 Å². The average Bonchev–Trinajstić information content (AvgIpc) is 2.28. The Morgan fingerprint density at radius 1 is 1.64 bits per heavy atom. The van der Waals surface area contributed by atoms with Gasteiger partial charge in [-0.05, 0) is 18.6 Å². The summed E-state index contributed by atoms with van der Waals surface area (Å²) in [5, 5.41) is 12.8. The van der Waals surface area contributed by atoms with Gasteiger partial charge in [0.05, 0.1) is 4.92 Å². The number of hydrogen-bond donors (Lipinski definition) is 1. The summed E-state index contributed by atoms with van der Waals surface area (Å²) in [5.41, 5.74) is -0.0680. The highest BCUT2D eigenvalue weighted by atomic mass is 16.6. The van der Waals surface area contributed by atoms with Crippen LogP contribution in [0.25, 0.3) is 0 Å². The SMILES string of the molecule is CC(=O)NC1=CCC=C([N+](=O)[O-])C=N1. The maximum atomic E-state index is 10.7. The van der Waals surface area contributed by atoms with Crippen LogP contribution >= 0.6 is 0 Å². The second kappa shape index (κ2) is 4.31. The Kier molecular flexibility index (Phi) is 3.11. The van der Waals surface area contributed by atoms with Gasteiger partial charge >= 0.3 is 0 Å². The van der Waals surface area contributed by atoms with Crippen molar-refractivity contribution >= 4 is 12.1 Å². The first-order chi connectivity index (χ1) is 6.59. The summed E-state index contributed by atoms with van der Waals surface area (Å²) < 4.78 is 0. The summed E-state index contributed by atoms with van der Waals surface area (Å²) >= 11 is 0. The van der Waals surface area contributed by atoms with E-state index in [0.717, 1.165) is 6.21 Å². The zero-order valence-corrected chi connectivity index (χ0v) is 7.56. The maximum absolute atomic E-state index is 10.7. The lowest BCUT2D eigenvalue weighted by atomic mass is 10.3. The maximum Gasteiger partial charge on any atom is 0.283 e. The van der Waals surface area contributed by atoms with Crippen LogP contribution < -0.4 is 5.32 Å². The monoisotopic (exact) mass is 195 g/mol. The van der Waals surface area contributed by atoms with Gasteiger partial charge in [0.1, 0.15) is 12.0 Å². The molecule has 0 aromatic rings. The molecule has 6 nitrogen and oxygen atoms in total. The molecule has 0 saturated carbocycles. The van der Waals surface area contributed by atoms with E-state index in [2.05, 4.69) is 10.3 Å². The molecule has 0 radical (unpaired) electrons. The summed E-state index contributed by atoms with van der Waals surface area (Å²) in [7, 11) is 0. The Hall–Kier alpha value is -1.98. The van der Waals surface area contributed by atoms with Crippen LogP contribution in [0.3, 0.4) is 0 Å². The normalized spacial score (nSPS) is 15.2. The van der Waals surface area contributed by atoms with Gasteiger partial charge in [-0.2, -0.15) is 0 Å². The molecule has 0 unspecified atom stereocenters. The summed E-state index contributed by atoms with van der Waals surface area (Å²) in [6, 6.07) is 0. The van der Waals surface area contributed by atoms with Crippen LogP contribution in [-0.4, -0.2) is 17.0 Å². The van der Waals surface area contributed by atoms with E-state index in [9.17, 15) is 14.9 Å². The van der Waals surface area contributed by atoms with Crippen molar-refractivity contribution in [2.75, 3.05) is 0 Å². The molecule has 0 fully saturated rings. The number of allylic oxidation sites excluding steroid dienone is 3. The average molecular weight is 195 g/mol. The standard InChI is InChI=1S/C8H9N3O3/c1-6(12)10-8-4-2-3-7(5-9-8)11(13)14/h3-5H,2H2,1H3,(H,10,12). The molecule has 0 saturated heterocycles. The molecule has 0 spiro atoms. The third kappa shape index (κ3) is 2.81. The van der Waals surface area contributed by atoms with Crippen LogP contribution in [0, 0.1) is 10.1 Å². The van der Waals surface area contributed by atoms with E-state index in [4.69, 9.17) is 0 Å². The molecule has 14 heavy (non-hydrogen) atoms. The van der Waals surface area contributed by atoms with Gasteiger partial charge in [-0.25, -0.2) is 4.99 Å². The number of amides is 1. The topological polar surface area (TPSA) is 84.6 Å². The lowest BCUT2D eigenvalue weighted by Gasteiger charge is -1.98. The minimum atomic E-state index is -0.520. The molecule has 0 atom stereocenters. The van der Waals surface area contributed by atoms with E-state index >= 15 is 0 Å². The van der Waals surface area contributed by atoms with E-state index in [0.29, 0.717) is 12.2 Å². The molecular weight excluding hydrogens is 186 g/mol. The Morgan fingerprint density at radius 3 is 2.93 bits per heavy atom. The van der Waals surface area contributed by atoms with Gasteiger partial charge in [0.25, 0.3) is 5.70 Å². The highest BCUT2D eigenvalue weighted by Crippen LogP contribution is 2.05. The highest BCUT2D eigenvalue weighted by Gasteiger charge is 2.09. The van der Waals surface area contributed by atoms with Gasteiger partial charge in [0.15, 0.2) is 0 Å². The fourth-order valence-corrected chi connectivity index (χ4v) is 0.918.